The van der Waals surface area contributed by atoms with Gasteiger partial charge < -0.3 is 4.74 Å². The SMILES string of the molecule is O=C(OC(C(F)(F)F)C(F)(F)S(=O)(=O)ON1C(=O)C2C3C=CC(C3)C2C1=O)c1ccccc1. The number of halogens is 5. The van der Waals surface area contributed by atoms with Crippen LogP contribution >= 0.6 is 0 Å². The molecule has 5 atom stereocenters. The number of esters is 1. The number of imide groups is 1. The van der Waals surface area contributed by atoms with Crippen LogP contribution in [0.2, 0.25) is 0 Å². The van der Waals surface area contributed by atoms with Crippen LogP contribution in [0.15, 0.2) is 42.5 Å². The van der Waals surface area contributed by atoms with Gasteiger partial charge in [0.25, 0.3) is 17.9 Å². The lowest BCUT2D eigenvalue weighted by Gasteiger charge is -2.28. The van der Waals surface area contributed by atoms with Gasteiger partial charge in [0.15, 0.2) is 0 Å². The predicted octanol–water partition coefficient (Wildman–Crippen LogP) is 2.44. The third kappa shape index (κ3) is 3.70. The zero-order chi connectivity index (χ0) is 24.3. The number of allylic oxidation sites excluding steroid dienone is 2. The van der Waals surface area contributed by atoms with E-state index in [0.29, 0.717) is 6.42 Å². The maximum absolute atomic E-state index is 14.6. The molecular formula is C19H14F5NO7S. The Labute approximate surface area is 183 Å². The molecule has 33 heavy (non-hydrogen) atoms. The summed E-state index contributed by atoms with van der Waals surface area (Å²) in [5, 5.41) is -6.33. The average Bonchev–Trinajstić information content (AvgIpc) is 3.41. The summed E-state index contributed by atoms with van der Waals surface area (Å²) in [6, 6.07) is 5.72. The summed E-state index contributed by atoms with van der Waals surface area (Å²) in [6.45, 7) is 0. The number of ether oxygens (including phenoxy) is 1. The normalized spacial score (nSPS) is 27.7. The minimum Gasteiger partial charge on any atom is -0.441 e. The molecule has 1 saturated heterocycles. The Kier molecular flexibility index (Phi) is 5.35. The quantitative estimate of drug-likeness (QED) is 0.258. The van der Waals surface area contributed by atoms with E-state index in [9.17, 15) is 44.8 Å². The van der Waals surface area contributed by atoms with Gasteiger partial charge in [-0.3, -0.25) is 9.59 Å². The average molecular weight is 495 g/mol. The van der Waals surface area contributed by atoms with Crippen molar-refractivity contribution in [2.45, 2.75) is 24.0 Å². The number of hydrogen-bond donors (Lipinski definition) is 0. The van der Waals surface area contributed by atoms with Gasteiger partial charge in [-0.2, -0.15) is 30.4 Å². The fraction of sp³-hybridized carbons (Fsp3) is 0.421. The molecule has 0 aromatic heterocycles. The standard InChI is InChI=1S/C19H14F5NO7S/c20-18(21,22)17(31-16(28)9-4-2-1-3-5-9)19(23,24)33(29,30)32-25-14(26)12-10-6-7-11(8-10)13(12)15(25)27/h1-7,10-13,17H,8H2. The fourth-order valence-corrected chi connectivity index (χ4v) is 5.19. The molecule has 1 heterocycles. The highest BCUT2D eigenvalue weighted by Gasteiger charge is 2.69. The summed E-state index contributed by atoms with van der Waals surface area (Å²) in [6.07, 6.45) is -6.87. The molecule has 2 fully saturated rings. The third-order valence-corrected chi connectivity index (χ3v) is 7.00. The summed E-state index contributed by atoms with van der Waals surface area (Å²) in [5.41, 5.74) is -0.554. The van der Waals surface area contributed by atoms with E-state index in [-0.39, 0.29) is 0 Å². The summed E-state index contributed by atoms with van der Waals surface area (Å²) < 4.78 is 101. The van der Waals surface area contributed by atoms with Gasteiger partial charge >= 0.3 is 27.5 Å². The first-order valence-electron chi connectivity index (χ1n) is 9.46. The Morgan fingerprint density at radius 2 is 1.48 bits per heavy atom. The highest BCUT2D eigenvalue weighted by Crippen LogP contribution is 2.53. The summed E-state index contributed by atoms with van der Waals surface area (Å²) >= 11 is 0. The van der Waals surface area contributed by atoms with Gasteiger partial charge in [0.05, 0.1) is 17.4 Å². The number of nitrogens with zero attached hydrogens (tertiary/aromatic N) is 1. The summed E-state index contributed by atoms with van der Waals surface area (Å²) in [7, 11) is -6.63. The van der Waals surface area contributed by atoms with E-state index >= 15 is 0 Å². The smallest absolute Gasteiger partial charge is 0.432 e. The van der Waals surface area contributed by atoms with Gasteiger partial charge in [0.1, 0.15) is 0 Å². The molecule has 2 aliphatic carbocycles. The van der Waals surface area contributed by atoms with Gasteiger partial charge in [-0.05, 0) is 30.4 Å². The molecule has 14 heteroatoms. The number of benzene rings is 1. The molecule has 178 valence electrons. The Morgan fingerprint density at radius 1 is 0.970 bits per heavy atom. The van der Waals surface area contributed by atoms with E-state index in [4.69, 9.17) is 0 Å². The van der Waals surface area contributed by atoms with Crippen molar-refractivity contribution >= 4 is 27.9 Å². The molecule has 0 radical (unpaired) electrons. The molecule has 8 nitrogen and oxygen atoms in total. The molecule has 4 rings (SSSR count). The van der Waals surface area contributed by atoms with Crippen molar-refractivity contribution in [3.05, 3.63) is 48.0 Å². The van der Waals surface area contributed by atoms with Crippen LogP contribution in [-0.2, 0) is 28.7 Å². The third-order valence-electron chi connectivity index (χ3n) is 5.77. The summed E-state index contributed by atoms with van der Waals surface area (Å²) in [5.74, 6) is -7.35. The molecule has 3 aliphatic rings. The maximum atomic E-state index is 14.6. The zero-order valence-corrected chi connectivity index (χ0v) is 17.1. The topological polar surface area (TPSA) is 107 Å². The number of hydrogen-bond acceptors (Lipinski definition) is 7. The van der Waals surface area contributed by atoms with E-state index in [1.165, 1.54) is 18.2 Å². The van der Waals surface area contributed by atoms with Crippen LogP contribution < -0.4 is 0 Å². The second kappa shape index (κ2) is 7.58. The Hall–Kier alpha value is -2.87. The molecule has 1 aromatic rings. The van der Waals surface area contributed by atoms with Crippen molar-refractivity contribution in [3.63, 3.8) is 0 Å². The number of carbonyl (C=O) groups excluding carboxylic acids is 3. The molecule has 2 bridgehead atoms. The number of carbonyl (C=O) groups is 3. The highest BCUT2D eigenvalue weighted by atomic mass is 32.2. The van der Waals surface area contributed by atoms with Crippen LogP contribution in [0.25, 0.3) is 0 Å². The first-order valence-corrected chi connectivity index (χ1v) is 10.9. The molecule has 1 saturated carbocycles. The molecular weight excluding hydrogens is 481 g/mol. The lowest BCUT2D eigenvalue weighted by Crippen LogP contribution is -2.54. The minimum absolute atomic E-state index is 0.426. The lowest BCUT2D eigenvalue weighted by atomic mass is 9.85. The molecule has 0 spiro atoms. The van der Waals surface area contributed by atoms with Crippen LogP contribution in [0.3, 0.4) is 0 Å². The largest absolute Gasteiger partial charge is 0.441 e. The van der Waals surface area contributed by atoms with Gasteiger partial charge in [-0.15, -0.1) is 9.35 Å². The monoisotopic (exact) mass is 495 g/mol. The Balaban J connectivity index is 1.59. The number of hydroxylamine groups is 2. The molecule has 1 aromatic carbocycles. The molecule has 0 N–H and O–H groups in total. The van der Waals surface area contributed by atoms with Crippen molar-refractivity contribution in [1.29, 1.82) is 0 Å². The van der Waals surface area contributed by atoms with Crippen LogP contribution in [0.1, 0.15) is 16.8 Å². The summed E-state index contributed by atoms with van der Waals surface area (Å²) in [4.78, 5) is 36.8. The van der Waals surface area contributed by atoms with E-state index in [2.05, 4.69) is 9.02 Å². The number of rotatable bonds is 6. The van der Waals surface area contributed by atoms with Gasteiger partial charge in [0.2, 0.25) is 0 Å². The highest BCUT2D eigenvalue weighted by molar-refractivity contribution is 7.87. The second-order valence-electron chi connectivity index (χ2n) is 7.75. The number of amides is 2. The van der Waals surface area contributed by atoms with Gasteiger partial charge in [0, 0.05) is 0 Å². The maximum Gasteiger partial charge on any atom is 0.432 e. The Bertz CT molecular complexity index is 1100. The van der Waals surface area contributed by atoms with Gasteiger partial charge in [-0.25, -0.2) is 4.79 Å². The first-order chi connectivity index (χ1) is 15.3. The van der Waals surface area contributed by atoms with E-state index < -0.39 is 79.7 Å². The van der Waals surface area contributed by atoms with Crippen LogP contribution in [0, 0.1) is 23.7 Å². The predicted molar refractivity (Wildman–Crippen MR) is 96.2 cm³/mol. The van der Waals surface area contributed by atoms with Gasteiger partial charge in [-0.1, -0.05) is 30.4 Å². The van der Waals surface area contributed by atoms with Crippen LogP contribution in [0.4, 0.5) is 22.0 Å². The van der Waals surface area contributed by atoms with E-state index in [1.54, 1.807) is 12.2 Å². The van der Waals surface area contributed by atoms with Crippen molar-refractivity contribution < 1.29 is 53.8 Å². The second-order valence-corrected chi connectivity index (χ2v) is 9.36. The number of alkyl halides is 5. The molecule has 1 aliphatic heterocycles. The van der Waals surface area contributed by atoms with Crippen LogP contribution in [0.5, 0.6) is 0 Å². The lowest BCUT2D eigenvalue weighted by molar-refractivity contribution is -0.249. The van der Waals surface area contributed by atoms with Crippen molar-refractivity contribution in [1.82, 2.24) is 5.06 Å². The molecule has 5 unspecified atom stereocenters. The minimum atomic E-state index is -6.63. The van der Waals surface area contributed by atoms with Crippen molar-refractivity contribution in [2.24, 2.45) is 23.7 Å². The molecule has 2 amide bonds. The van der Waals surface area contributed by atoms with Crippen molar-refractivity contribution in [3.8, 4) is 0 Å². The fourth-order valence-electron chi connectivity index (χ4n) is 4.30. The zero-order valence-electron chi connectivity index (χ0n) is 16.2. The van der Waals surface area contributed by atoms with E-state index in [0.717, 1.165) is 12.1 Å². The van der Waals surface area contributed by atoms with E-state index in [1.807, 2.05) is 0 Å². The van der Waals surface area contributed by atoms with Crippen LogP contribution in [-0.4, -0.2) is 48.8 Å². The Morgan fingerprint density at radius 3 is 1.97 bits per heavy atom. The first kappa shape index (κ1) is 23.3. The van der Waals surface area contributed by atoms with Crippen molar-refractivity contribution in [2.75, 3.05) is 0 Å². The number of fused-ring (bicyclic) bond motifs is 5.